The Kier molecular flexibility index (Phi) is 9.31. The minimum atomic E-state index is -1.01. The molecule has 2 aromatic carbocycles. The topological polar surface area (TPSA) is 74.6 Å². The van der Waals surface area contributed by atoms with Crippen molar-refractivity contribution in [3.63, 3.8) is 0 Å². The largest absolute Gasteiger partial charge is 0.478 e. The summed E-state index contributed by atoms with van der Waals surface area (Å²) in [6.07, 6.45) is 5.45. The Morgan fingerprint density at radius 2 is 1.15 bits per heavy atom. The highest BCUT2D eigenvalue weighted by Gasteiger charge is 2.26. The van der Waals surface area contributed by atoms with E-state index in [-0.39, 0.29) is 11.1 Å². The molecule has 4 heteroatoms. The summed E-state index contributed by atoms with van der Waals surface area (Å²) in [6, 6.07) is 10.5. The zero-order chi connectivity index (χ0) is 24.4. The van der Waals surface area contributed by atoms with Gasteiger partial charge in [-0.15, -0.1) is 0 Å². The molecule has 0 radical (unpaired) electrons. The number of unbranched alkanes of at least 4 members (excludes halogenated alkanes) is 4. The highest BCUT2D eigenvalue weighted by Crippen LogP contribution is 2.33. The maximum absolute atomic E-state index is 11.7. The Labute approximate surface area is 197 Å². The van der Waals surface area contributed by atoms with E-state index in [2.05, 4.69) is 37.5 Å². The minimum Gasteiger partial charge on any atom is -0.478 e. The maximum Gasteiger partial charge on any atom is 0.336 e. The molecule has 0 saturated heterocycles. The average Bonchev–Trinajstić information content (AvgIpc) is 2.79. The Hall–Kier alpha value is -3.50. The monoisotopic (exact) mass is 444 g/mol. The van der Waals surface area contributed by atoms with E-state index in [4.69, 9.17) is 0 Å². The van der Waals surface area contributed by atoms with Gasteiger partial charge in [-0.25, -0.2) is 9.59 Å². The van der Waals surface area contributed by atoms with Gasteiger partial charge < -0.3 is 10.2 Å². The van der Waals surface area contributed by atoms with Gasteiger partial charge in [-0.2, -0.15) is 0 Å². The molecule has 2 rings (SSSR count). The summed E-state index contributed by atoms with van der Waals surface area (Å²) in [5.41, 5.74) is 2.65. The van der Waals surface area contributed by atoms with Crippen LogP contribution in [0.1, 0.15) is 109 Å². The van der Waals surface area contributed by atoms with Crippen molar-refractivity contribution < 1.29 is 19.8 Å². The highest BCUT2D eigenvalue weighted by atomic mass is 16.4. The van der Waals surface area contributed by atoms with Gasteiger partial charge in [0.15, 0.2) is 0 Å². The molecular formula is C29H32O4. The molecule has 0 amide bonds. The van der Waals surface area contributed by atoms with E-state index in [9.17, 15) is 19.8 Å². The third-order valence-corrected chi connectivity index (χ3v) is 5.70. The lowest BCUT2D eigenvalue weighted by atomic mass is 9.76. The van der Waals surface area contributed by atoms with Gasteiger partial charge in [-0.1, -0.05) is 76.4 Å². The van der Waals surface area contributed by atoms with Gasteiger partial charge >= 0.3 is 11.9 Å². The number of hydrogen-bond donors (Lipinski definition) is 2. The van der Waals surface area contributed by atoms with Gasteiger partial charge in [0.25, 0.3) is 0 Å². The molecule has 2 aromatic rings. The number of carboxylic acids is 2. The second kappa shape index (κ2) is 11.9. The van der Waals surface area contributed by atoms with Crippen molar-refractivity contribution in [1.82, 2.24) is 0 Å². The lowest BCUT2D eigenvalue weighted by molar-refractivity contribution is 0.0685. The fourth-order valence-electron chi connectivity index (χ4n) is 3.46. The summed E-state index contributed by atoms with van der Waals surface area (Å²) in [7, 11) is 0. The molecule has 0 aliphatic carbocycles. The molecule has 0 fully saturated rings. The maximum atomic E-state index is 11.7. The van der Waals surface area contributed by atoms with Crippen molar-refractivity contribution in [2.24, 2.45) is 0 Å². The van der Waals surface area contributed by atoms with Gasteiger partial charge in [0.1, 0.15) is 0 Å². The standard InChI is InChI=1S/C29H32O4/c1-5-7-9-11-13-21-19-23(15-17-25(21)27(30)31)29(3,4)24-16-18-26(28(32)33)22(20-24)14-12-10-8-6-2/h15-20H,5-10H2,1-4H3,(H,30,31)(H,32,33). The molecule has 2 N–H and O–H groups in total. The smallest absolute Gasteiger partial charge is 0.336 e. The highest BCUT2D eigenvalue weighted by molar-refractivity contribution is 5.91. The van der Waals surface area contributed by atoms with Crippen molar-refractivity contribution in [3.8, 4) is 23.7 Å². The quantitative estimate of drug-likeness (QED) is 0.360. The predicted molar refractivity (Wildman–Crippen MR) is 132 cm³/mol. The first-order valence-electron chi connectivity index (χ1n) is 11.5. The van der Waals surface area contributed by atoms with Crippen molar-refractivity contribution in [2.45, 2.75) is 71.6 Å². The summed E-state index contributed by atoms with van der Waals surface area (Å²) in [4.78, 5) is 23.4. The van der Waals surface area contributed by atoms with Crippen LogP contribution in [0.3, 0.4) is 0 Å². The van der Waals surface area contributed by atoms with Crippen LogP contribution in [-0.2, 0) is 5.41 Å². The fraction of sp³-hybridized carbons (Fsp3) is 0.379. The molecule has 4 nitrogen and oxygen atoms in total. The van der Waals surface area contributed by atoms with Crippen molar-refractivity contribution in [1.29, 1.82) is 0 Å². The van der Waals surface area contributed by atoms with E-state index in [0.717, 1.165) is 49.7 Å². The predicted octanol–water partition coefficient (Wildman–Crippen LogP) is 6.49. The number of aromatic carboxylic acids is 2. The van der Waals surface area contributed by atoms with E-state index in [0.29, 0.717) is 11.1 Å². The minimum absolute atomic E-state index is 0.183. The number of carbonyl (C=O) groups is 2. The van der Waals surface area contributed by atoms with Crippen LogP contribution in [0, 0.1) is 23.7 Å². The molecule has 0 atom stereocenters. The molecule has 0 unspecified atom stereocenters. The van der Waals surface area contributed by atoms with Gasteiger partial charge in [-0.05, 0) is 48.2 Å². The third kappa shape index (κ3) is 6.74. The lowest BCUT2D eigenvalue weighted by Gasteiger charge is -2.27. The summed E-state index contributed by atoms with van der Waals surface area (Å²) in [5, 5.41) is 19.2. The third-order valence-electron chi connectivity index (χ3n) is 5.70. The van der Waals surface area contributed by atoms with Crippen molar-refractivity contribution >= 4 is 11.9 Å². The Bertz CT molecular complexity index is 1040. The average molecular weight is 445 g/mol. The molecule has 0 saturated carbocycles. The fourth-order valence-corrected chi connectivity index (χ4v) is 3.46. The number of hydrogen-bond acceptors (Lipinski definition) is 2. The number of benzene rings is 2. The van der Waals surface area contributed by atoms with Crippen LogP contribution >= 0.6 is 0 Å². The second-order valence-corrected chi connectivity index (χ2v) is 8.57. The zero-order valence-corrected chi connectivity index (χ0v) is 19.9. The lowest BCUT2D eigenvalue weighted by Crippen LogP contribution is -2.20. The van der Waals surface area contributed by atoms with Gasteiger partial charge in [0.2, 0.25) is 0 Å². The Morgan fingerprint density at radius 3 is 1.48 bits per heavy atom. The van der Waals surface area contributed by atoms with Crippen molar-refractivity contribution in [3.05, 3.63) is 69.8 Å². The molecular weight excluding hydrogens is 412 g/mol. The Balaban J connectivity index is 2.53. The first-order valence-corrected chi connectivity index (χ1v) is 11.5. The first kappa shape index (κ1) is 25.8. The molecule has 0 aliphatic heterocycles. The van der Waals surface area contributed by atoms with Gasteiger partial charge in [0.05, 0.1) is 11.1 Å². The van der Waals surface area contributed by atoms with Crippen LogP contribution in [0.2, 0.25) is 0 Å². The van der Waals surface area contributed by atoms with Crippen LogP contribution in [0.5, 0.6) is 0 Å². The summed E-state index contributed by atoms with van der Waals surface area (Å²) in [6.45, 7) is 8.24. The van der Waals surface area contributed by atoms with E-state index >= 15 is 0 Å². The SMILES string of the molecule is CCCCC#Cc1cc(C(C)(C)c2ccc(C(=O)O)c(C#CCCCC)c2)ccc1C(=O)O. The molecule has 172 valence electrons. The van der Waals surface area contributed by atoms with Gasteiger partial charge in [-0.3, -0.25) is 0 Å². The number of carboxylic acid groups (broad SMARTS) is 2. The second-order valence-electron chi connectivity index (χ2n) is 8.57. The van der Waals surface area contributed by atoms with Crippen LogP contribution in [0.15, 0.2) is 36.4 Å². The molecule has 0 aliphatic rings. The molecule has 0 aromatic heterocycles. The molecule has 33 heavy (non-hydrogen) atoms. The van der Waals surface area contributed by atoms with Gasteiger partial charge in [0, 0.05) is 29.4 Å². The summed E-state index contributed by atoms with van der Waals surface area (Å²) < 4.78 is 0. The summed E-state index contributed by atoms with van der Waals surface area (Å²) >= 11 is 0. The van der Waals surface area contributed by atoms with E-state index in [1.165, 1.54) is 0 Å². The summed E-state index contributed by atoms with van der Waals surface area (Å²) in [5.74, 6) is 10.2. The normalized spacial score (nSPS) is 10.5. The molecule has 0 heterocycles. The van der Waals surface area contributed by atoms with Crippen LogP contribution < -0.4 is 0 Å². The Morgan fingerprint density at radius 1 is 0.758 bits per heavy atom. The zero-order valence-electron chi connectivity index (χ0n) is 19.9. The number of rotatable bonds is 8. The first-order chi connectivity index (χ1) is 15.7. The van der Waals surface area contributed by atoms with Crippen LogP contribution in [-0.4, -0.2) is 22.2 Å². The van der Waals surface area contributed by atoms with Crippen LogP contribution in [0.25, 0.3) is 0 Å². The van der Waals surface area contributed by atoms with E-state index in [1.54, 1.807) is 24.3 Å². The van der Waals surface area contributed by atoms with Crippen LogP contribution in [0.4, 0.5) is 0 Å². The van der Waals surface area contributed by atoms with Crippen molar-refractivity contribution in [2.75, 3.05) is 0 Å². The van der Waals surface area contributed by atoms with E-state index in [1.807, 2.05) is 26.0 Å². The molecule has 0 bridgehead atoms. The van der Waals surface area contributed by atoms with E-state index < -0.39 is 17.4 Å². The molecule has 0 spiro atoms.